The Kier molecular flexibility index (Phi) is 4.99. The predicted octanol–water partition coefficient (Wildman–Crippen LogP) is 3.15. The molecule has 7 nitrogen and oxygen atoms in total. The Morgan fingerprint density at radius 2 is 1.93 bits per heavy atom. The zero-order chi connectivity index (χ0) is 19.7. The number of aromatic nitrogens is 2. The number of hydrogen-bond donors (Lipinski definition) is 1. The number of nitrogens with one attached hydrogen (secondary N) is 1. The second-order valence-corrected chi connectivity index (χ2v) is 8.75. The smallest absolute Gasteiger partial charge is 0.246 e. The van der Waals surface area contributed by atoms with Gasteiger partial charge in [-0.25, -0.2) is 13.4 Å². The molecule has 2 aromatic heterocycles. The van der Waals surface area contributed by atoms with Gasteiger partial charge in [-0.1, -0.05) is 0 Å². The number of methoxy groups -OCH3 is 2. The van der Waals surface area contributed by atoms with Crippen molar-refractivity contribution in [3.8, 4) is 11.5 Å². The Labute approximate surface area is 164 Å². The fraction of sp³-hybridized carbons (Fsp3) is 0.350. The Morgan fingerprint density at radius 1 is 1.14 bits per heavy atom. The highest BCUT2D eigenvalue weighted by molar-refractivity contribution is 7.89. The number of aromatic amines is 1. The molecule has 1 fully saturated rings. The number of piperidine rings is 1. The Morgan fingerprint density at radius 3 is 2.64 bits per heavy atom. The molecule has 3 heterocycles. The molecule has 28 heavy (non-hydrogen) atoms. The van der Waals surface area contributed by atoms with Gasteiger partial charge in [-0.15, -0.1) is 0 Å². The molecule has 1 aromatic carbocycles. The molecule has 0 aliphatic carbocycles. The Bertz CT molecular complexity index is 1090. The van der Waals surface area contributed by atoms with Crippen LogP contribution in [0.15, 0.2) is 47.6 Å². The van der Waals surface area contributed by atoms with E-state index in [9.17, 15) is 8.42 Å². The topological polar surface area (TPSA) is 84.5 Å². The minimum absolute atomic E-state index is 0.143. The lowest BCUT2D eigenvalue weighted by atomic mass is 9.90. The van der Waals surface area contributed by atoms with Gasteiger partial charge in [0.15, 0.2) is 0 Å². The summed E-state index contributed by atoms with van der Waals surface area (Å²) in [6.45, 7) is 0.917. The maximum atomic E-state index is 13.2. The van der Waals surface area contributed by atoms with Crippen molar-refractivity contribution in [1.82, 2.24) is 14.3 Å². The van der Waals surface area contributed by atoms with Crippen LogP contribution < -0.4 is 9.47 Å². The molecule has 0 atom stereocenters. The summed E-state index contributed by atoms with van der Waals surface area (Å²) in [7, 11) is -0.680. The van der Waals surface area contributed by atoms with E-state index in [1.54, 1.807) is 18.3 Å². The van der Waals surface area contributed by atoms with Gasteiger partial charge < -0.3 is 14.5 Å². The third-order valence-electron chi connectivity index (χ3n) is 5.37. The van der Waals surface area contributed by atoms with E-state index in [0.717, 1.165) is 23.9 Å². The van der Waals surface area contributed by atoms with E-state index in [1.807, 2.05) is 12.3 Å². The Hall–Kier alpha value is -2.58. The van der Waals surface area contributed by atoms with Crippen molar-refractivity contribution in [2.24, 2.45) is 0 Å². The Balaban J connectivity index is 1.56. The molecular weight excluding hydrogens is 378 g/mol. The molecule has 0 amide bonds. The third-order valence-corrected chi connectivity index (χ3v) is 7.29. The van der Waals surface area contributed by atoms with Gasteiger partial charge in [0.25, 0.3) is 0 Å². The molecule has 1 saturated heterocycles. The van der Waals surface area contributed by atoms with Crippen molar-refractivity contribution in [2.75, 3.05) is 27.3 Å². The number of nitrogens with zero attached hydrogens (tertiary/aromatic N) is 2. The summed E-state index contributed by atoms with van der Waals surface area (Å²) in [6.07, 6.45) is 5.28. The number of benzene rings is 1. The molecule has 0 saturated carbocycles. The number of H-pyrrole nitrogens is 1. The maximum absolute atomic E-state index is 13.2. The second kappa shape index (κ2) is 7.44. The first-order valence-corrected chi connectivity index (χ1v) is 10.6. The van der Waals surface area contributed by atoms with Crippen LogP contribution >= 0.6 is 0 Å². The van der Waals surface area contributed by atoms with Crippen LogP contribution in [-0.2, 0) is 10.0 Å². The van der Waals surface area contributed by atoms with Crippen molar-refractivity contribution in [3.05, 3.63) is 48.3 Å². The quantitative estimate of drug-likeness (QED) is 0.710. The minimum atomic E-state index is -3.66. The van der Waals surface area contributed by atoms with Crippen LogP contribution in [0.5, 0.6) is 11.5 Å². The lowest BCUT2D eigenvalue weighted by Gasteiger charge is -2.31. The standard InChI is InChI=1S/C20H23N3O4S/c1-26-15-5-6-18(27-2)19(12-15)28(24,25)23-10-7-14(8-11-23)17-13-22-20-16(17)4-3-9-21-20/h3-6,9,12-14H,7-8,10-11H2,1-2H3,(H,21,22). The number of hydrogen-bond acceptors (Lipinski definition) is 5. The van der Waals surface area contributed by atoms with Crippen molar-refractivity contribution < 1.29 is 17.9 Å². The first-order valence-electron chi connectivity index (χ1n) is 9.18. The van der Waals surface area contributed by atoms with Crippen LogP contribution in [0.25, 0.3) is 11.0 Å². The van der Waals surface area contributed by atoms with Gasteiger partial charge in [-0.3, -0.25) is 0 Å². The lowest BCUT2D eigenvalue weighted by Crippen LogP contribution is -2.38. The van der Waals surface area contributed by atoms with E-state index >= 15 is 0 Å². The van der Waals surface area contributed by atoms with Crippen LogP contribution in [-0.4, -0.2) is 50.0 Å². The largest absolute Gasteiger partial charge is 0.497 e. The summed E-state index contributed by atoms with van der Waals surface area (Å²) >= 11 is 0. The molecule has 1 aliphatic heterocycles. The first-order chi connectivity index (χ1) is 13.5. The summed E-state index contributed by atoms with van der Waals surface area (Å²) in [4.78, 5) is 7.69. The SMILES string of the molecule is COc1ccc(OC)c(S(=O)(=O)N2CCC(c3c[nH]c4ncccc34)CC2)c1. The van der Waals surface area contributed by atoms with Gasteiger partial charge in [0.2, 0.25) is 10.0 Å². The average Bonchev–Trinajstić information content (AvgIpc) is 3.17. The molecule has 1 aliphatic rings. The third kappa shape index (κ3) is 3.22. The second-order valence-electron chi connectivity index (χ2n) is 6.84. The predicted molar refractivity (Wildman–Crippen MR) is 106 cm³/mol. The molecule has 8 heteroatoms. The van der Waals surface area contributed by atoms with Crippen LogP contribution in [0.3, 0.4) is 0 Å². The lowest BCUT2D eigenvalue weighted by molar-refractivity contribution is 0.317. The summed E-state index contributed by atoms with van der Waals surface area (Å²) in [5, 5.41) is 1.11. The normalized spacial score (nSPS) is 16.4. The summed E-state index contributed by atoms with van der Waals surface area (Å²) < 4.78 is 38.4. The number of sulfonamides is 1. The van der Waals surface area contributed by atoms with Crippen LogP contribution in [0.1, 0.15) is 24.3 Å². The molecular formula is C20H23N3O4S. The van der Waals surface area contributed by atoms with E-state index < -0.39 is 10.0 Å². The highest BCUT2D eigenvalue weighted by Crippen LogP contribution is 2.36. The fourth-order valence-electron chi connectivity index (χ4n) is 3.85. The number of pyridine rings is 1. The van der Waals surface area contributed by atoms with Crippen LogP contribution in [0.4, 0.5) is 0 Å². The van der Waals surface area contributed by atoms with E-state index in [4.69, 9.17) is 9.47 Å². The van der Waals surface area contributed by atoms with Crippen molar-refractivity contribution >= 4 is 21.1 Å². The van der Waals surface area contributed by atoms with Crippen LogP contribution in [0, 0.1) is 0 Å². The molecule has 4 rings (SSSR count). The molecule has 148 valence electrons. The van der Waals surface area contributed by atoms with Gasteiger partial charge in [-0.2, -0.15) is 4.31 Å². The number of fused-ring (bicyclic) bond motifs is 1. The van der Waals surface area contributed by atoms with Gasteiger partial charge in [0.05, 0.1) is 14.2 Å². The summed E-state index contributed by atoms with van der Waals surface area (Å²) in [5.74, 6) is 1.11. The van der Waals surface area contributed by atoms with Gasteiger partial charge in [0.1, 0.15) is 22.0 Å². The van der Waals surface area contributed by atoms with Crippen molar-refractivity contribution in [2.45, 2.75) is 23.7 Å². The van der Waals surface area contributed by atoms with Crippen molar-refractivity contribution in [1.29, 1.82) is 0 Å². The summed E-state index contributed by atoms with van der Waals surface area (Å²) in [5.41, 5.74) is 2.08. The van der Waals surface area contributed by atoms with Crippen molar-refractivity contribution in [3.63, 3.8) is 0 Å². The highest BCUT2D eigenvalue weighted by atomic mass is 32.2. The monoisotopic (exact) mass is 401 g/mol. The van der Waals surface area contributed by atoms with Gasteiger partial charge >= 0.3 is 0 Å². The minimum Gasteiger partial charge on any atom is -0.497 e. The average molecular weight is 401 g/mol. The molecule has 3 aromatic rings. The molecule has 0 spiro atoms. The summed E-state index contributed by atoms with van der Waals surface area (Å²) in [6, 6.07) is 8.81. The molecule has 0 radical (unpaired) electrons. The van der Waals surface area contributed by atoms with E-state index in [2.05, 4.69) is 16.0 Å². The highest BCUT2D eigenvalue weighted by Gasteiger charge is 2.33. The first kappa shape index (κ1) is 18.8. The van der Waals surface area contributed by atoms with Gasteiger partial charge in [-0.05, 0) is 48.6 Å². The van der Waals surface area contributed by atoms with E-state index in [-0.39, 0.29) is 4.90 Å². The van der Waals surface area contributed by atoms with E-state index in [1.165, 1.54) is 30.2 Å². The number of rotatable bonds is 5. The van der Waals surface area contributed by atoms with Crippen LogP contribution in [0.2, 0.25) is 0 Å². The molecule has 1 N–H and O–H groups in total. The zero-order valence-corrected chi connectivity index (χ0v) is 16.7. The zero-order valence-electron chi connectivity index (χ0n) is 15.9. The van der Waals surface area contributed by atoms with Gasteiger partial charge in [0, 0.05) is 36.9 Å². The number of ether oxygens (including phenoxy) is 2. The maximum Gasteiger partial charge on any atom is 0.246 e. The van der Waals surface area contributed by atoms with E-state index in [0.29, 0.717) is 30.5 Å². The molecule has 0 bridgehead atoms. The fourth-order valence-corrected chi connectivity index (χ4v) is 5.49. The molecule has 0 unspecified atom stereocenters.